The minimum Gasteiger partial charge on any atom is -0.383 e. The second-order valence-corrected chi connectivity index (χ2v) is 6.07. The van der Waals surface area contributed by atoms with Crippen LogP contribution in [0.1, 0.15) is 17.3 Å². The number of nitrogens with zero attached hydrogens (tertiary/aromatic N) is 2. The summed E-state index contributed by atoms with van der Waals surface area (Å²) in [6.45, 7) is 1.12. The van der Waals surface area contributed by atoms with Crippen molar-refractivity contribution in [2.75, 3.05) is 13.7 Å². The molecule has 21 heavy (non-hydrogen) atoms. The largest absolute Gasteiger partial charge is 0.383 e. The van der Waals surface area contributed by atoms with Crippen LogP contribution in [0.5, 0.6) is 0 Å². The summed E-state index contributed by atoms with van der Waals surface area (Å²) in [7, 11) is 1.63. The lowest BCUT2D eigenvalue weighted by molar-refractivity contribution is 0.182. The molecule has 0 radical (unpaired) electrons. The summed E-state index contributed by atoms with van der Waals surface area (Å²) >= 11 is 6.85. The highest BCUT2D eigenvalue weighted by atomic mass is 79.9. The van der Waals surface area contributed by atoms with Crippen molar-refractivity contribution in [3.8, 4) is 0 Å². The Hall–Kier alpha value is -0.800. The van der Waals surface area contributed by atoms with Crippen molar-refractivity contribution >= 4 is 31.9 Å². The van der Waals surface area contributed by atoms with E-state index in [2.05, 4.69) is 42.4 Å². The van der Waals surface area contributed by atoms with E-state index in [-0.39, 0.29) is 11.9 Å². The maximum atomic E-state index is 13.3. The van der Waals surface area contributed by atoms with E-state index in [9.17, 15) is 4.39 Å². The molecular weight excluding hydrogens is 407 g/mol. The number of halogens is 3. The van der Waals surface area contributed by atoms with Crippen molar-refractivity contribution < 1.29 is 9.13 Å². The zero-order chi connectivity index (χ0) is 15.4. The lowest BCUT2D eigenvalue weighted by Crippen LogP contribution is -2.31. The molecule has 1 heterocycles. The van der Waals surface area contributed by atoms with Gasteiger partial charge in [-0.2, -0.15) is 5.10 Å². The number of nitrogens with one attached hydrogen (secondary N) is 1. The number of hydrogen-bond donors (Lipinski definition) is 2. The molecule has 0 bridgehead atoms. The molecule has 0 fully saturated rings. The lowest BCUT2D eigenvalue weighted by atomic mass is 10.0. The second-order valence-electron chi connectivity index (χ2n) is 4.36. The van der Waals surface area contributed by atoms with Gasteiger partial charge < -0.3 is 4.74 Å². The first kappa shape index (κ1) is 16.6. The first-order chi connectivity index (χ1) is 10.1. The van der Waals surface area contributed by atoms with E-state index in [0.717, 1.165) is 15.7 Å². The predicted octanol–water partition coefficient (Wildman–Crippen LogP) is 2.75. The van der Waals surface area contributed by atoms with Crippen LogP contribution in [-0.2, 0) is 11.3 Å². The van der Waals surface area contributed by atoms with Gasteiger partial charge in [-0.25, -0.2) is 9.82 Å². The lowest BCUT2D eigenvalue weighted by Gasteiger charge is -2.20. The molecule has 0 spiro atoms. The zero-order valence-corrected chi connectivity index (χ0v) is 14.5. The Kier molecular flexibility index (Phi) is 5.88. The third-order valence-corrected chi connectivity index (χ3v) is 4.35. The Morgan fingerprint density at radius 2 is 2.19 bits per heavy atom. The molecule has 1 unspecified atom stereocenters. The molecule has 114 valence electrons. The smallest absolute Gasteiger partial charge is 0.124 e. The molecule has 0 aliphatic rings. The maximum absolute atomic E-state index is 13.3. The van der Waals surface area contributed by atoms with Gasteiger partial charge in [0.15, 0.2) is 0 Å². The van der Waals surface area contributed by atoms with Gasteiger partial charge in [0, 0.05) is 11.6 Å². The molecule has 0 saturated carbocycles. The average molecular weight is 422 g/mol. The van der Waals surface area contributed by atoms with Gasteiger partial charge in [0.25, 0.3) is 0 Å². The third kappa shape index (κ3) is 3.70. The summed E-state index contributed by atoms with van der Waals surface area (Å²) < 4.78 is 21.6. The van der Waals surface area contributed by atoms with Crippen molar-refractivity contribution in [3.63, 3.8) is 0 Å². The van der Waals surface area contributed by atoms with E-state index in [1.54, 1.807) is 24.1 Å². The standard InChI is InChI=1S/C13H15Br2FN4O/c1-21-5-4-20-13(11(15)7-18-20)12(19-17)9-3-2-8(16)6-10(9)14/h2-3,6-7,12,19H,4-5,17H2,1H3. The Bertz CT molecular complexity index is 620. The minimum atomic E-state index is -0.339. The minimum absolute atomic E-state index is 0.312. The van der Waals surface area contributed by atoms with E-state index in [0.29, 0.717) is 17.6 Å². The summed E-state index contributed by atoms with van der Waals surface area (Å²) in [5, 5.41) is 4.30. The first-order valence-corrected chi connectivity index (χ1v) is 7.78. The van der Waals surface area contributed by atoms with Gasteiger partial charge >= 0.3 is 0 Å². The number of aromatic nitrogens is 2. The molecule has 3 N–H and O–H groups in total. The molecule has 8 heteroatoms. The average Bonchev–Trinajstić information content (AvgIpc) is 2.81. The number of nitrogens with two attached hydrogens (primary N) is 1. The molecular formula is C13H15Br2FN4O. The molecule has 0 aliphatic carbocycles. The Morgan fingerprint density at radius 3 is 2.81 bits per heavy atom. The van der Waals surface area contributed by atoms with E-state index in [1.165, 1.54) is 12.1 Å². The van der Waals surface area contributed by atoms with Crippen LogP contribution in [0.25, 0.3) is 0 Å². The molecule has 1 aromatic carbocycles. The van der Waals surface area contributed by atoms with Crippen LogP contribution in [-0.4, -0.2) is 23.5 Å². The van der Waals surface area contributed by atoms with Crippen molar-refractivity contribution in [1.82, 2.24) is 15.2 Å². The predicted molar refractivity (Wildman–Crippen MR) is 85.1 cm³/mol. The van der Waals surface area contributed by atoms with Gasteiger partial charge in [0.05, 0.1) is 35.6 Å². The van der Waals surface area contributed by atoms with Crippen LogP contribution in [0, 0.1) is 5.82 Å². The summed E-state index contributed by atoms with van der Waals surface area (Å²) in [6.07, 6.45) is 1.70. The number of methoxy groups -OCH3 is 1. The summed E-state index contributed by atoms with van der Waals surface area (Å²) in [4.78, 5) is 0. The van der Waals surface area contributed by atoms with Crippen molar-refractivity contribution in [2.45, 2.75) is 12.6 Å². The van der Waals surface area contributed by atoms with Gasteiger partial charge in [0.1, 0.15) is 5.82 Å². The fraction of sp³-hybridized carbons (Fsp3) is 0.308. The fourth-order valence-corrected chi connectivity index (χ4v) is 3.17. The van der Waals surface area contributed by atoms with Crippen LogP contribution in [0.4, 0.5) is 4.39 Å². The van der Waals surface area contributed by atoms with E-state index < -0.39 is 0 Å². The van der Waals surface area contributed by atoms with Crippen LogP contribution >= 0.6 is 31.9 Å². The molecule has 0 saturated heterocycles. The summed E-state index contributed by atoms with van der Waals surface area (Å²) in [5.74, 6) is 5.40. The molecule has 2 aromatic rings. The number of hydrogen-bond acceptors (Lipinski definition) is 4. The highest BCUT2D eigenvalue weighted by Crippen LogP contribution is 2.32. The third-order valence-electron chi connectivity index (χ3n) is 3.05. The zero-order valence-electron chi connectivity index (χ0n) is 11.3. The first-order valence-electron chi connectivity index (χ1n) is 6.19. The quantitative estimate of drug-likeness (QED) is 0.556. The highest BCUT2D eigenvalue weighted by molar-refractivity contribution is 9.10. The van der Waals surface area contributed by atoms with Crippen molar-refractivity contribution in [1.29, 1.82) is 0 Å². The summed E-state index contributed by atoms with van der Waals surface area (Å²) in [6, 6.07) is 4.15. The molecule has 0 amide bonds. The van der Waals surface area contributed by atoms with Gasteiger partial charge in [-0.15, -0.1) is 0 Å². The van der Waals surface area contributed by atoms with Crippen LogP contribution in [0.3, 0.4) is 0 Å². The molecule has 1 aromatic heterocycles. The van der Waals surface area contributed by atoms with E-state index in [1.807, 2.05) is 0 Å². The molecule has 5 nitrogen and oxygen atoms in total. The topological polar surface area (TPSA) is 65.1 Å². The van der Waals surface area contributed by atoms with Crippen LogP contribution in [0.15, 0.2) is 33.3 Å². The Labute approximate surface area is 138 Å². The van der Waals surface area contributed by atoms with Gasteiger partial charge in [0.2, 0.25) is 0 Å². The van der Waals surface area contributed by atoms with Gasteiger partial charge in [-0.05, 0) is 33.6 Å². The second kappa shape index (κ2) is 7.46. The normalized spacial score (nSPS) is 12.6. The molecule has 1 atom stereocenters. The summed E-state index contributed by atoms with van der Waals surface area (Å²) in [5.41, 5.74) is 4.42. The Balaban J connectivity index is 2.43. The van der Waals surface area contributed by atoms with E-state index in [4.69, 9.17) is 10.6 Å². The molecule has 2 rings (SSSR count). The number of benzene rings is 1. The number of hydrazine groups is 1. The van der Waals surface area contributed by atoms with Gasteiger partial charge in [-0.3, -0.25) is 10.5 Å². The van der Waals surface area contributed by atoms with Crippen molar-refractivity contribution in [2.24, 2.45) is 5.84 Å². The SMILES string of the molecule is COCCn1ncc(Br)c1C(NN)c1ccc(F)cc1Br. The van der Waals surface area contributed by atoms with Crippen LogP contribution < -0.4 is 11.3 Å². The number of ether oxygens (including phenoxy) is 1. The highest BCUT2D eigenvalue weighted by Gasteiger charge is 2.23. The van der Waals surface area contributed by atoms with Crippen molar-refractivity contribution in [3.05, 3.63) is 50.4 Å². The molecule has 0 aliphatic heterocycles. The Morgan fingerprint density at radius 1 is 1.43 bits per heavy atom. The fourth-order valence-electron chi connectivity index (χ4n) is 2.07. The maximum Gasteiger partial charge on any atom is 0.124 e. The van der Waals surface area contributed by atoms with Gasteiger partial charge in [-0.1, -0.05) is 22.0 Å². The van der Waals surface area contributed by atoms with E-state index >= 15 is 0 Å². The monoisotopic (exact) mass is 420 g/mol. The number of rotatable bonds is 6. The van der Waals surface area contributed by atoms with Crippen LogP contribution in [0.2, 0.25) is 0 Å².